The highest BCUT2D eigenvalue weighted by Gasteiger charge is 2.19. The van der Waals surface area contributed by atoms with Crippen molar-refractivity contribution in [1.82, 2.24) is 4.90 Å². The summed E-state index contributed by atoms with van der Waals surface area (Å²) in [7, 11) is 0. The quantitative estimate of drug-likeness (QED) is 0.811. The lowest BCUT2D eigenvalue weighted by atomic mass is 10.2. The minimum absolute atomic E-state index is 0.0290. The minimum atomic E-state index is -0.182. The van der Waals surface area contributed by atoms with Gasteiger partial charge in [-0.2, -0.15) is 0 Å². The number of hydrogen-bond donors (Lipinski definition) is 1. The van der Waals surface area contributed by atoms with Crippen molar-refractivity contribution >= 4 is 17.3 Å². The summed E-state index contributed by atoms with van der Waals surface area (Å²) in [6, 6.07) is 14.3. The zero-order valence-corrected chi connectivity index (χ0v) is 15.7. The maximum absolute atomic E-state index is 13.9. The van der Waals surface area contributed by atoms with E-state index in [-0.39, 0.29) is 11.7 Å². The van der Waals surface area contributed by atoms with Gasteiger partial charge in [0, 0.05) is 39.1 Å². The lowest BCUT2D eigenvalue weighted by Crippen LogP contribution is -2.47. The minimum Gasteiger partial charge on any atom is -0.492 e. The number of hydrogen-bond acceptors (Lipinski definition) is 4. The highest BCUT2D eigenvalue weighted by atomic mass is 19.1. The molecular weight excluding hydrogens is 345 g/mol. The van der Waals surface area contributed by atoms with Gasteiger partial charge >= 0.3 is 0 Å². The number of nitrogens with zero attached hydrogens (tertiary/aromatic N) is 2. The molecule has 0 unspecified atom stereocenters. The van der Waals surface area contributed by atoms with Gasteiger partial charge in [-0.1, -0.05) is 24.3 Å². The Bertz CT molecular complexity index is 761. The maximum atomic E-state index is 13.9. The first-order valence-electron chi connectivity index (χ1n) is 9.41. The Kier molecular flexibility index (Phi) is 6.65. The Morgan fingerprint density at radius 3 is 2.52 bits per heavy atom. The molecule has 1 fully saturated rings. The van der Waals surface area contributed by atoms with Gasteiger partial charge in [0.25, 0.3) is 0 Å². The van der Waals surface area contributed by atoms with Crippen molar-refractivity contribution in [2.45, 2.75) is 13.3 Å². The van der Waals surface area contributed by atoms with Crippen LogP contribution in [0.1, 0.15) is 13.3 Å². The Hall–Kier alpha value is -2.60. The van der Waals surface area contributed by atoms with Crippen LogP contribution in [-0.4, -0.2) is 50.1 Å². The zero-order chi connectivity index (χ0) is 19.1. The van der Waals surface area contributed by atoms with Gasteiger partial charge in [-0.25, -0.2) is 4.39 Å². The standard InChI is InChI=1S/C21H26FN3O2/c1-2-27-20-10-6-4-8-18(20)23-21(26)11-12-24-13-15-25(16-14-24)19-9-5-3-7-17(19)22/h3-10H,2,11-16H2,1H3,(H,23,26). The van der Waals surface area contributed by atoms with Gasteiger partial charge in [0.15, 0.2) is 0 Å². The Morgan fingerprint density at radius 2 is 1.78 bits per heavy atom. The molecule has 0 atom stereocenters. The molecule has 27 heavy (non-hydrogen) atoms. The third-order valence-electron chi connectivity index (χ3n) is 4.68. The average Bonchev–Trinajstić information content (AvgIpc) is 2.69. The fourth-order valence-corrected chi connectivity index (χ4v) is 3.24. The van der Waals surface area contributed by atoms with Crippen LogP contribution in [0.3, 0.4) is 0 Å². The van der Waals surface area contributed by atoms with E-state index in [0.29, 0.717) is 36.7 Å². The van der Waals surface area contributed by atoms with Gasteiger partial charge in [-0.05, 0) is 31.2 Å². The number of benzene rings is 2. The third kappa shape index (κ3) is 5.20. The average molecular weight is 371 g/mol. The van der Waals surface area contributed by atoms with Crippen molar-refractivity contribution in [2.75, 3.05) is 49.5 Å². The monoisotopic (exact) mass is 371 g/mol. The third-order valence-corrected chi connectivity index (χ3v) is 4.68. The summed E-state index contributed by atoms with van der Waals surface area (Å²) in [5.41, 5.74) is 1.36. The largest absolute Gasteiger partial charge is 0.492 e. The van der Waals surface area contributed by atoms with Crippen molar-refractivity contribution in [1.29, 1.82) is 0 Å². The van der Waals surface area contributed by atoms with Gasteiger partial charge in [0.2, 0.25) is 5.91 Å². The molecule has 0 spiro atoms. The number of carbonyl (C=O) groups is 1. The second-order valence-electron chi connectivity index (χ2n) is 6.51. The van der Waals surface area contributed by atoms with Gasteiger partial charge < -0.3 is 15.0 Å². The Morgan fingerprint density at radius 1 is 1.07 bits per heavy atom. The first kappa shape index (κ1) is 19.2. The lowest BCUT2D eigenvalue weighted by Gasteiger charge is -2.36. The Labute approximate surface area is 159 Å². The smallest absolute Gasteiger partial charge is 0.225 e. The molecule has 0 aromatic heterocycles. The van der Waals surface area contributed by atoms with E-state index in [9.17, 15) is 9.18 Å². The van der Waals surface area contributed by atoms with Gasteiger partial charge in [0.1, 0.15) is 11.6 Å². The molecule has 0 saturated carbocycles. The molecule has 1 heterocycles. The van der Waals surface area contributed by atoms with Crippen LogP contribution >= 0.6 is 0 Å². The number of rotatable bonds is 7. The van der Waals surface area contributed by atoms with Crippen LogP contribution in [0.4, 0.5) is 15.8 Å². The summed E-state index contributed by atoms with van der Waals surface area (Å²) < 4.78 is 19.4. The van der Waals surface area contributed by atoms with Gasteiger partial charge in [0.05, 0.1) is 18.0 Å². The second kappa shape index (κ2) is 9.37. The molecule has 1 saturated heterocycles. The van der Waals surface area contributed by atoms with Gasteiger partial charge in [-0.3, -0.25) is 9.69 Å². The highest BCUT2D eigenvalue weighted by molar-refractivity contribution is 5.92. The lowest BCUT2D eigenvalue weighted by molar-refractivity contribution is -0.116. The second-order valence-corrected chi connectivity index (χ2v) is 6.51. The number of para-hydroxylation sites is 3. The number of carbonyl (C=O) groups excluding carboxylic acids is 1. The summed E-state index contributed by atoms with van der Waals surface area (Å²) >= 11 is 0. The van der Waals surface area contributed by atoms with E-state index >= 15 is 0 Å². The molecule has 0 bridgehead atoms. The zero-order valence-electron chi connectivity index (χ0n) is 15.7. The predicted octanol–water partition coefficient (Wildman–Crippen LogP) is 3.38. The topological polar surface area (TPSA) is 44.8 Å². The van der Waals surface area contributed by atoms with Crippen LogP contribution in [0.2, 0.25) is 0 Å². The molecule has 144 valence electrons. The van der Waals surface area contributed by atoms with Crippen LogP contribution in [0.25, 0.3) is 0 Å². The summed E-state index contributed by atoms with van der Waals surface area (Å²) in [6.07, 6.45) is 0.417. The summed E-state index contributed by atoms with van der Waals surface area (Å²) in [6.45, 7) is 6.31. The number of amides is 1. The number of piperazine rings is 1. The molecular formula is C21H26FN3O2. The van der Waals surface area contributed by atoms with E-state index in [1.807, 2.05) is 43.3 Å². The van der Waals surface area contributed by atoms with E-state index in [2.05, 4.69) is 15.1 Å². The van der Waals surface area contributed by atoms with Crippen molar-refractivity contribution < 1.29 is 13.9 Å². The van der Waals surface area contributed by atoms with Crippen molar-refractivity contribution in [3.63, 3.8) is 0 Å². The maximum Gasteiger partial charge on any atom is 0.225 e. The molecule has 1 amide bonds. The summed E-state index contributed by atoms with van der Waals surface area (Å²) in [5, 5.41) is 2.93. The molecule has 0 radical (unpaired) electrons. The number of halogens is 1. The molecule has 1 aliphatic heterocycles. The van der Waals surface area contributed by atoms with E-state index in [1.54, 1.807) is 6.07 Å². The summed E-state index contributed by atoms with van der Waals surface area (Å²) in [4.78, 5) is 16.6. The molecule has 2 aromatic rings. The molecule has 6 heteroatoms. The number of ether oxygens (including phenoxy) is 1. The predicted molar refractivity (Wildman–Crippen MR) is 106 cm³/mol. The SMILES string of the molecule is CCOc1ccccc1NC(=O)CCN1CCN(c2ccccc2F)CC1. The van der Waals surface area contributed by atoms with Crippen LogP contribution in [-0.2, 0) is 4.79 Å². The van der Waals surface area contributed by atoms with Crippen LogP contribution < -0.4 is 15.0 Å². The molecule has 5 nitrogen and oxygen atoms in total. The molecule has 2 aromatic carbocycles. The van der Waals surface area contributed by atoms with Crippen LogP contribution in [0.5, 0.6) is 5.75 Å². The van der Waals surface area contributed by atoms with Gasteiger partial charge in [-0.15, -0.1) is 0 Å². The van der Waals surface area contributed by atoms with Crippen molar-refractivity contribution in [3.8, 4) is 5.75 Å². The normalized spacial score (nSPS) is 14.8. The first-order valence-corrected chi connectivity index (χ1v) is 9.41. The molecule has 3 rings (SSSR count). The van der Waals surface area contributed by atoms with E-state index in [0.717, 1.165) is 26.2 Å². The fourth-order valence-electron chi connectivity index (χ4n) is 3.24. The molecule has 1 N–H and O–H groups in total. The summed E-state index contributed by atoms with van der Waals surface area (Å²) in [5.74, 6) is 0.476. The number of anilines is 2. The fraction of sp³-hybridized carbons (Fsp3) is 0.381. The molecule has 0 aliphatic carbocycles. The van der Waals surface area contributed by atoms with Crippen molar-refractivity contribution in [2.24, 2.45) is 0 Å². The van der Waals surface area contributed by atoms with E-state index in [1.165, 1.54) is 6.07 Å². The van der Waals surface area contributed by atoms with Crippen LogP contribution in [0.15, 0.2) is 48.5 Å². The van der Waals surface area contributed by atoms with E-state index in [4.69, 9.17) is 4.74 Å². The van der Waals surface area contributed by atoms with Crippen LogP contribution in [0, 0.1) is 5.82 Å². The highest BCUT2D eigenvalue weighted by Crippen LogP contribution is 2.24. The molecule has 1 aliphatic rings. The first-order chi connectivity index (χ1) is 13.2. The Balaban J connectivity index is 1.45. The van der Waals surface area contributed by atoms with Crippen molar-refractivity contribution in [3.05, 3.63) is 54.3 Å². The van der Waals surface area contributed by atoms with E-state index < -0.39 is 0 Å². The number of nitrogens with one attached hydrogen (secondary N) is 1.